The molecule has 18 heavy (non-hydrogen) atoms. The smallest absolute Gasteiger partial charge is 0.203 e. The molecule has 1 atom stereocenters. The standard InChI is InChI=1S/C10H13F4N3S/c11-2-9(3-12)1-6(10(9,4-13)5-14)7-16-17-8(15)18-7/h6H,1-5H2,(H2,15,17). The number of nitrogens with zero attached hydrogens (tertiary/aromatic N) is 2. The number of halogens is 4. The number of rotatable bonds is 5. The molecule has 0 saturated heterocycles. The molecule has 0 spiro atoms. The predicted octanol–water partition coefficient (Wildman–Crippen LogP) is 2.46. The van der Waals surface area contributed by atoms with Gasteiger partial charge in [0.25, 0.3) is 0 Å². The molecule has 0 bridgehead atoms. The zero-order valence-electron chi connectivity index (χ0n) is 9.50. The summed E-state index contributed by atoms with van der Waals surface area (Å²) in [6.07, 6.45) is 0.0302. The maximum Gasteiger partial charge on any atom is 0.203 e. The van der Waals surface area contributed by atoms with Gasteiger partial charge in [0.2, 0.25) is 5.13 Å². The van der Waals surface area contributed by atoms with E-state index in [4.69, 9.17) is 5.73 Å². The zero-order chi connectivity index (χ0) is 13.4. The lowest BCUT2D eigenvalue weighted by Crippen LogP contribution is -2.62. The van der Waals surface area contributed by atoms with Crippen LogP contribution < -0.4 is 5.73 Å². The minimum Gasteiger partial charge on any atom is -0.374 e. The third-order valence-electron chi connectivity index (χ3n) is 4.06. The van der Waals surface area contributed by atoms with E-state index in [1.54, 1.807) is 0 Å². The highest BCUT2D eigenvalue weighted by atomic mass is 32.1. The van der Waals surface area contributed by atoms with Crippen LogP contribution in [-0.2, 0) is 0 Å². The minimum atomic E-state index is -1.68. The Morgan fingerprint density at radius 2 is 1.72 bits per heavy atom. The van der Waals surface area contributed by atoms with Crippen molar-refractivity contribution < 1.29 is 17.6 Å². The lowest BCUT2D eigenvalue weighted by molar-refractivity contribution is -0.157. The van der Waals surface area contributed by atoms with Gasteiger partial charge < -0.3 is 5.73 Å². The summed E-state index contributed by atoms with van der Waals surface area (Å²) in [4.78, 5) is 0. The summed E-state index contributed by atoms with van der Waals surface area (Å²) in [6, 6.07) is 0. The van der Waals surface area contributed by atoms with Crippen LogP contribution in [0.2, 0.25) is 0 Å². The van der Waals surface area contributed by atoms with Crippen LogP contribution in [0.25, 0.3) is 0 Å². The molecule has 1 aliphatic rings. The average molecular weight is 283 g/mol. The largest absolute Gasteiger partial charge is 0.374 e. The second kappa shape index (κ2) is 4.64. The van der Waals surface area contributed by atoms with E-state index in [2.05, 4.69) is 10.2 Å². The van der Waals surface area contributed by atoms with Gasteiger partial charge in [0.15, 0.2) is 0 Å². The Hall–Kier alpha value is -0.920. The highest BCUT2D eigenvalue weighted by molar-refractivity contribution is 7.15. The Bertz CT molecular complexity index is 417. The lowest BCUT2D eigenvalue weighted by Gasteiger charge is -2.59. The molecular formula is C10H13F4N3S. The first kappa shape index (κ1) is 13.5. The number of nitrogen functional groups attached to an aromatic ring is 1. The molecule has 1 fully saturated rings. The molecule has 0 aliphatic heterocycles. The van der Waals surface area contributed by atoms with Gasteiger partial charge in [-0.15, -0.1) is 10.2 Å². The van der Waals surface area contributed by atoms with E-state index in [-0.39, 0.29) is 11.6 Å². The maximum atomic E-state index is 13.3. The van der Waals surface area contributed by atoms with Crippen LogP contribution in [0.4, 0.5) is 22.7 Å². The molecule has 1 aromatic rings. The topological polar surface area (TPSA) is 51.8 Å². The van der Waals surface area contributed by atoms with Gasteiger partial charge in [-0.25, -0.2) is 0 Å². The van der Waals surface area contributed by atoms with Crippen molar-refractivity contribution in [1.82, 2.24) is 10.2 Å². The average Bonchev–Trinajstić information content (AvgIpc) is 2.78. The maximum absolute atomic E-state index is 13.3. The molecule has 3 nitrogen and oxygen atoms in total. The highest BCUT2D eigenvalue weighted by Gasteiger charge is 2.67. The van der Waals surface area contributed by atoms with Crippen molar-refractivity contribution in [2.75, 3.05) is 32.4 Å². The number of hydrogen-bond acceptors (Lipinski definition) is 4. The van der Waals surface area contributed by atoms with Gasteiger partial charge in [-0.1, -0.05) is 11.3 Å². The van der Waals surface area contributed by atoms with E-state index in [0.29, 0.717) is 5.01 Å². The first-order chi connectivity index (χ1) is 8.59. The fourth-order valence-corrected chi connectivity index (χ4v) is 3.48. The first-order valence-electron chi connectivity index (χ1n) is 5.42. The fraction of sp³-hybridized carbons (Fsp3) is 0.800. The molecule has 0 aromatic carbocycles. The summed E-state index contributed by atoms with van der Waals surface area (Å²) < 4.78 is 52.6. The van der Waals surface area contributed by atoms with Gasteiger partial charge >= 0.3 is 0 Å². The van der Waals surface area contributed by atoms with Crippen LogP contribution in [0.1, 0.15) is 17.3 Å². The highest BCUT2D eigenvalue weighted by Crippen LogP contribution is 2.66. The molecule has 2 N–H and O–H groups in total. The molecule has 0 amide bonds. The molecule has 1 aliphatic carbocycles. The monoisotopic (exact) mass is 283 g/mol. The van der Waals surface area contributed by atoms with E-state index in [0.717, 1.165) is 11.3 Å². The summed E-state index contributed by atoms with van der Waals surface area (Å²) in [5.41, 5.74) is 2.15. The SMILES string of the molecule is Nc1nnc(C2CC(CF)(CF)C2(CF)CF)s1. The summed E-state index contributed by atoms with van der Waals surface area (Å²) >= 11 is 1.00. The number of anilines is 1. The number of alkyl halides is 4. The second-order valence-corrected chi connectivity index (χ2v) is 5.75. The normalized spacial score (nSPS) is 24.8. The van der Waals surface area contributed by atoms with Crippen molar-refractivity contribution in [3.8, 4) is 0 Å². The van der Waals surface area contributed by atoms with Gasteiger partial charge in [-0.3, -0.25) is 17.6 Å². The Kier molecular flexibility index (Phi) is 3.48. The molecule has 1 saturated carbocycles. The number of hydrogen-bond donors (Lipinski definition) is 1. The van der Waals surface area contributed by atoms with Gasteiger partial charge in [0.05, 0.1) is 26.7 Å². The predicted molar refractivity (Wildman–Crippen MR) is 60.4 cm³/mol. The van der Waals surface area contributed by atoms with Gasteiger partial charge in [-0.05, 0) is 6.42 Å². The molecule has 1 heterocycles. The van der Waals surface area contributed by atoms with Crippen molar-refractivity contribution >= 4 is 16.5 Å². The summed E-state index contributed by atoms with van der Waals surface area (Å²) in [7, 11) is 0. The summed E-state index contributed by atoms with van der Waals surface area (Å²) in [5, 5.41) is 7.82. The zero-order valence-corrected chi connectivity index (χ0v) is 10.3. The van der Waals surface area contributed by atoms with Crippen LogP contribution in [-0.4, -0.2) is 36.9 Å². The van der Waals surface area contributed by atoms with E-state index in [9.17, 15) is 17.6 Å². The number of aromatic nitrogens is 2. The lowest BCUT2D eigenvalue weighted by atomic mass is 9.45. The number of nitrogens with two attached hydrogens (primary N) is 1. The quantitative estimate of drug-likeness (QED) is 0.845. The Morgan fingerprint density at radius 1 is 1.11 bits per heavy atom. The van der Waals surface area contributed by atoms with Gasteiger partial charge in [0, 0.05) is 16.7 Å². The van der Waals surface area contributed by atoms with E-state index in [1.807, 2.05) is 0 Å². The molecular weight excluding hydrogens is 270 g/mol. The molecule has 102 valence electrons. The molecule has 2 rings (SSSR count). The Morgan fingerprint density at radius 3 is 2.11 bits per heavy atom. The third kappa shape index (κ3) is 1.54. The summed E-state index contributed by atoms with van der Waals surface area (Å²) in [5.74, 6) is -0.659. The van der Waals surface area contributed by atoms with E-state index >= 15 is 0 Å². The molecule has 0 radical (unpaired) electrons. The van der Waals surface area contributed by atoms with Crippen molar-refractivity contribution in [2.45, 2.75) is 12.3 Å². The fourth-order valence-electron chi connectivity index (χ4n) is 2.66. The Labute approximate surface area is 105 Å². The molecule has 1 aromatic heterocycles. The van der Waals surface area contributed by atoms with Crippen LogP contribution in [0, 0.1) is 10.8 Å². The van der Waals surface area contributed by atoms with Crippen LogP contribution in [0.3, 0.4) is 0 Å². The van der Waals surface area contributed by atoms with E-state index < -0.39 is 43.4 Å². The van der Waals surface area contributed by atoms with Crippen molar-refractivity contribution in [2.24, 2.45) is 10.8 Å². The van der Waals surface area contributed by atoms with Crippen molar-refractivity contribution in [1.29, 1.82) is 0 Å². The van der Waals surface area contributed by atoms with Gasteiger partial charge in [-0.2, -0.15) is 0 Å². The Balaban J connectivity index is 2.35. The van der Waals surface area contributed by atoms with Crippen LogP contribution in [0.5, 0.6) is 0 Å². The van der Waals surface area contributed by atoms with Crippen LogP contribution in [0.15, 0.2) is 0 Å². The van der Waals surface area contributed by atoms with Crippen LogP contribution >= 0.6 is 11.3 Å². The minimum absolute atomic E-state index is 0.0302. The van der Waals surface area contributed by atoms with E-state index in [1.165, 1.54) is 0 Å². The molecule has 1 unspecified atom stereocenters. The molecule has 8 heteroatoms. The first-order valence-corrected chi connectivity index (χ1v) is 6.23. The second-order valence-electron chi connectivity index (χ2n) is 4.71. The van der Waals surface area contributed by atoms with Gasteiger partial charge in [0.1, 0.15) is 5.01 Å². The van der Waals surface area contributed by atoms with Crippen molar-refractivity contribution in [3.05, 3.63) is 5.01 Å². The van der Waals surface area contributed by atoms with Crippen molar-refractivity contribution in [3.63, 3.8) is 0 Å². The third-order valence-corrected chi connectivity index (χ3v) is 4.93. The summed E-state index contributed by atoms with van der Waals surface area (Å²) in [6.45, 7) is -4.41.